The first kappa shape index (κ1) is 26.9. The number of nitrogens with one attached hydrogen (secondary N) is 2. The van der Waals surface area contributed by atoms with Gasteiger partial charge in [0.1, 0.15) is 12.3 Å². The number of aliphatic imine (C=N–C) groups is 1. The fourth-order valence-corrected chi connectivity index (χ4v) is 3.17. The minimum atomic E-state index is -4.31. The number of alkyl halides is 3. The van der Waals surface area contributed by atoms with E-state index in [4.69, 9.17) is 0 Å². The Morgan fingerprint density at radius 3 is 2.52 bits per heavy atom. The highest BCUT2D eigenvalue weighted by atomic mass is 127. The molecule has 2 aromatic heterocycles. The molecule has 0 saturated carbocycles. The van der Waals surface area contributed by atoms with Gasteiger partial charge in [0, 0.05) is 31.9 Å². The third-order valence-corrected chi connectivity index (χ3v) is 4.72. The van der Waals surface area contributed by atoms with E-state index < -0.39 is 12.8 Å². The Balaban J connectivity index is 0.00000385. The van der Waals surface area contributed by atoms with Crippen LogP contribution in [0.15, 0.2) is 53.8 Å². The highest BCUT2D eigenvalue weighted by molar-refractivity contribution is 14.0. The quantitative estimate of drug-likeness (QED) is 0.222. The third-order valence-electron chi connectivity index (χ3n) is 4.72. The van der Waals surface area contributed by atoms with Crippen LogP contribution in [-0.4, -0.2) is 41.2 Å². The summed E-state index contributed by atoms with van der Waals surface area (Å²) in [7, 11) is 0. The van der Waals surface area contributed by atoms with E-state index in [0.717, 1.165) is 35.4 Å². The molecule has 3 aromatic rings. The Hall–Kier alpha value is -2.34. The van der Waals surface area contributed by atoms with Crippen LogP contribution in [0.25, 0.3) is 5.65 Å². The average Bonchev–Trinajstić information content (AvgIpc) is 3.16. The van der Waals surface area contributed by atoms with Crippen molar-refractivity contribution in [2.45, 2.75) is 39.6 Å². The molecule has 0 radical (unpaired) electrons. The Kier molecular flexibility index (Phi) is 10.4. The number of aryl methyl sites for hydroxylation is 1. The first-order valence-electron chi connectivity index (χ1n) is 10.5. The number of nitrogens with zero attached hydrogens (tertiary/aromatic N) is 3. The number of halogens is 4. The van der Waals surface area contributed by atoms with Crippen molar-refractivity contribution in [2.75, 3.05) is 19.7 Å². The van der Waals surface area contributed by atoms with Crippen molar-refractivity contribution in [1.82, 2.24) is 20.0 Å². The summed E-state index contributed by atoms with van der Waals surface area (Å²) in [4.78, 5) is 9.27. The fourth-order valence-electron chi connectivity index (χ4n) is 3.17. The van der Waals surface area contributed by atoms with Gasteiger partial charge in [-0.25, -0.2) is 9.98 Å². The van der Waals surface area contributed by atoms with Crippen LogP contribution in [0.5, 0.6) is 0 Å². The lowest BCUT2D eigenvalue weighted by molar-refractivity contribution is -0.176. The van der Waals surface area contributed by atoms with Crippen LogP contribution in [0.1, 0.15) is 29.3 Å². The molecule has 0 unspecified atom stereocenters. The zero-order valence-corrected chi connectivity index (χ0v) is 21.0. The standard InChI is InChI=1S/C23H28F3N5O.HI/c1-3-27-22(28-11-10-20-14-31-12-4-5-17(2)21(31)30-20)29-13-18-6-8-19(9-7-18)15-32-16-23(24,25)26;/h4-9,12,14H,3,10-11,13,15-16H2,1-2H3,(H2,27,28,29);1H. The summed E-state index contributed by atoms with van der Waals surface area (Å²) in [5.41, 5.74) is 4.76. The van der Waals surface area contributed by atoms with Crippen LogP contribution in [0, 0.1) is 6.92 Å². The molecule has 1 aromatic carbocycles. The number of imidazole rings is 1. The maximum absolute atomic E-state index is 12.2. The lowest BCUT2D eigenvalue weighted by Crippen LogP contribution is -2.38. The summed E-state index contributed by atoms with van der Waals surface area (Å²) < 4.78 is 43.2. The van der Waals surface area contributed by atoms with E-state index in [1.807, 2.05) is 54.9 Å². The SMILES string of the molecule is CCNC(=NCc1ccc(COCC(F)(F)F)cc1)NCCc1cn2cccc(C)c2n1.I. The van der Waals surface area contributed by atoms with E-state index in [0.29, 0.717) is 24.6 Å². The molecule has 0 bridgehead atoms. The molecule has 0 aliphatic heterocycles. The van der Waals surface area contributed by atoms with Gasteiger partial charge in [-0.3, -0.25) is 0 Å². The molecule has 10 heteroatoms. The summed E-state index contributed by atoms with van der Waals surface area (Å²) in [6.45, 7) is 4.59. The summed E-state index contributed by atoms with van der Waals surface area (Å²) >= 11 is 0. The van der Waals surface area contributed by atoms with Crippen LogP contribution < -0.4 is 10.6 Å². The molecular weight excluding hydrogens is 546 g/mol. The lowest BCUT2D eigenvalue weighted by Gasteiger charge is -2.11. The Labute approximate surface area is 208 Å². The van der Waals surface area contributed by atoms with Crippen LogP contribution in [-0.2, 0) is 24.3 Å². The molecule has 2 N–H and O–H groups in total. The second-order valence-corrected chi connectivity index (χ2v) is 7.45. The molecule has 0 fully saturated rings. The van der Waals surface area contributed by atoms with Crippen molar-refractivity contribution in [3.63, 3.8) is 0 Å². The second kappa shape index (κ2) is 12.8. The van der Waals surface area contributed by atoms with E-state index in [2.05, 4.69) is 25.3 Å². The molecule has 0 atom stereocenters. The van der Waals surface area contributed by atoms with Gasteiger partial charge < -0.3 is 19.8 Å². The fraction of sp³-hybridized carbons (Fsp3) is 0.391. The van der Waals surface area contributed by atoms with Crippen LogP contribution in [0.4, 0.5) is 13.2 Å². The van der Waals surface area contributed by atoms with Crippen molar-refractivity contribution in [3.8, 4) is 0 Å². The van der Waals surface area contributed by atoms with E-state index in [9.17, 15) is 13.2 Å². The van der Waals surface area contributed by atoms with Gasteiger partial charge in [-0.05, 0) is 36.6 Å². The Bertz CT molecular complexity index is 1030. The van der Waals surface area contributed by atoms with Gasteiger partial charge in [0.2, 0.25) is 0 Å². The minimum absolute atomic E-state index is 0. The molecule has 6 nitrogen and oxygen atoms in total. The number of rotatable bonds is 9. The molecule has 33 heavy (non-hydrogen) atoms. The Morgan fingerprint density at radius 1 is 1.12 bits per heavy atom. The van der Waals surface area contributed by atoms with Gasteiger partial charge in [0.15, 0.2) is 5.96 Å². The first-order valence-corrected chi connectivity index (χ1v) is 10.5. The van der Waals surface area contributed by atoms with Crippen LogP contribution in [0.2, 0.25) is 0 Å². The van der Waals surface area contributed by atoms with Crippen molar-refractivity contribution >= 4 is 35.6 Å². The topological polar surface area (TPSA) is 63.0 Å². The number of hydrogen-bond acceptors (Lipinski definition) is 3. The zero-order chi connectivity index (χ0) is 23.0. The monoisotopic (exact) mass is 575 g/mol. The number of guanidine groups is 1. The number of benzene rings is 1. The van der Waals surface area contributed by atoms with Gasteiger partial charge in [0.05, 0.1) is 18.8 Å². The van der Waals surface area contributed by atoms with Crippen molar-refractivity contribution < 1.29 is 17.9 Å². The molecule has 0 aliphatic carbocycles. The molecule has 0 aliphatic rings. The third kappa shape index (κ3) is 8.84. The maximum Gasteiger partial charge on any atom is 0.411 e. The smallest absolute Gasteiger partial charge is 0.367 e. The largest absolute Gasteiger partial charge is 0.411 e. The van der Waals surface area contributed by atoms with Crippen molar-refractivity contribution in [1.29, 1.82) is 0 Å². The van der Waals surface area contributed by atoms with Crippen LogP contribution in [0.3, 0.4) is 0 Å². The van der Waals surface area contributed by atoms with E-state index in [1.165, 1.54) is 0 Å². The number of aromatic nitrogens is 2. The highest BCUT2D eigenvalue weighted by Crippen LogP contribution is 2.16. The molecule has 3 rings (SSSR count). The number of hydrogen-bond donors (Lipinski definition) is 2. The van der Waals surface area contributed by atoms with Crippen molar-refractivity contribution in [2.24, 2.45) is 4.99 Å². The van der Waals surface area contributed by atoms with Crippen LogP contribution >= 0.6 is 24.0 Å². The normalized spacial score (nSPS) is 12.0. The minimum Gasteiger partial charge on any atom is -0.367 e. The van der Waals surface area contributed by atoms with Gasteiger partial charge in [0.25, 0.3) is 0 Å². The summed E-state index contributed by atoms with van der Waals surface area (Å²) in [6, 6.07) is 11.3. The summed E-state index contributed by atoms with van der Waals surface area (Å²) in [5, 5.41) is 6.53. The van der Waals surface area contributed by atoms with E-state index in [1.54, 1.807) is 12.1 Å². The predicted octanol–water partition coefficient (Wildman–Crippen LogP) is 4.64. The van der Waals surface area contributed by atoms with Gasteiger partial charge in [-0.15, -0.1) is 24.0 Å². The summed E-state index contributed by atoms with van der Waals surface area (Å²) in [6.07, 6.45) is 0.478. The summed E-state index contributed by atoms with van der Waals surface area (Å²) in [5.74, 6) is 0.699. The van der Waals surface area contributed by atoms with Crippen molar-refractivity contribution in [3.05, 3.63) is 71.2 Å². The predicted molar refractivity (Wildman–Crippen MR) is 134 cm³/mol. The number of pyridine rings is 1. The average molecular weight is 575 g/mol. The first-order chi connectivity index (χ1) is 15.3. The van der Waals surface area contributed by atoms with E-state index >= 15 is 0 Å². The number of ether oxygens (including phenoxy) is 1. The lowest BCUT2D eigenvalue weighted by atomic mass is 10.1. The molecule has 180 valence electrons. The molecule has 0 amide bonds. The molecule has 0 saturated heterocycles. The second-order valence-electron chi connectivity index (χ2n) is 7.45. The number of fused-ring (bicyclic) bond motifs is 1. The molecule has 2 heterocycles. The Morgan fingerprint density at radius 2 is 1.85 bits per heavy atom. The molecular formula is C23H29F3IN5O. The van der Waals surface area contributed by atoms with E-state index in [-0.39, 0.29) is 30.6 Å². The zero-order valence-electron chi connectivity index (χ0n) is 18.7. The van der Waals surface area contributed by atoms with Gasteiger partial charge in [-0.1, -0.05) is 30.3 Å². The highest BCUT2D eigenvalue weighted by Gasteiger charge is 2.27. The van der Waals surface area contributed by atoms with Gasteiger partial charge in [-0.2, -0.15) is 13.2 Å². The maximum atomic E-state index is 12.2. The van der Waals surface area contributed by atoms with Gasteiger partial charge >= 0.3 is 6.18 Å². The molecule has 0 spiro atoms.